The van der Waals surface area contributed by atoms with E-state index in [0.717, 1.165) is 148 Å². The number of esters is 4. The van der Waals surface area contributed by atoms with Crippen molar-refractivity contribution >= 4 is 39.5 Å². The van der Waals surface area contributed by atoms with Crippen LogP contribution in [-0.2, 0) is 65.4 Å². The minimum atomic E-state index is -4.99. The lowest BCUT2D eigenvalue weighted by atomic mass is 10.1. The van der Waals surface area contributed by atoms with Crippen LogP contribution in [0.25, 0.3) is 0 Å². The molecule has 0 spiro atoms. The van der Waals surface area contributed by atoms with Crippen LogP contribution in [0.15, 0.2) is 97.2 Å². The van der Waals surface area contributed by atoms with E-state index >= 15 is 0 Å². The van der Waals surface area contributed by atoms with Crippen LogP contribution < -0.4 is 0 Å². The highest BCUT2D eigenvalue weighted by Gasteiger charge is 2.30. The fraction of sp³-hybridized carbons (Fsp3) is 0.747. The number of carbonyl (C=O) groups excluding carboxylic acids is 4. The van der Waals surface area contributed by atoms with Crippen LogP contribution in [0, 0.1) is 0 Å². The zero-order valence-electron chi connectivity index (χ0n) is 61.7. The summed E-state index contributed by atoms with van der Waals surface area (Å²) in [6.45, 7) is 4.64. The van der Waals surface area contributed by atoms with Crippen molar-refractivity contribution in [3.05, 3.63) is 97.2 Å². The molecule has 0 radical (unpaired) electrons. The Bertz CT molecular complexity index is 2240. The van der Waals surface area contributed by atoms with Crippen LogP contribution in [0.1, 0.15) is 323 Å². The highest BCUT2D eigenvalue weighted by Crippen LogP contribution is 2.45. The minimum Gasteiger partial charge on any atom is -0.462 e. The predicted molar refractivity (Wildman–Crippen MR) is 399 cm³/mol. The van der Waals surface area contributed by atoms with Gasteiger partial charge in [-0.1, -0.05) is 260 Å². The van der Waals surface area contributed by atoms with Gasteiger partial charge in [-0.15, -0.1) is 0 Å². The van der Waals surface area contributed by atoms with Gasteiger partial charge in [0.05, 0.1) is 26.4 Å². The molecule has 0 bridgehead atoms. The standard InChI is InChI=1S/C79H138O17P2/c1-5-9-13-17-21-25-29-32-35-36-39-41-45-48-52-56-60-64-77(82)90-70-75(96-79(84)66-62-58-54-50-46-42-38-34-31-27-23-19-15-11-7-3)72-94-98(87,88)92-68-73(80)67-91-97(85,86)93-71-74(95-78(83)65-61-57-53-49-43-28-24-20-16-12-8-4)69-89-76(81)63-59-55-51-47-44-40-37-33-30-26-22-18-14-10-6-2/h9,13,20-21,24-25,32-35,37-39,41,48,52,73-75,80H,5-8,10-12,14-19,22-23,26-31,36,40,42-47,49-51,53-72H2,1-4H3,(H,85,86)(H,87,88)/b13-9-,24-20-,25-21-,35-32-,37-33-,38-34-,41-39-,52-48-. The fourth-order valence-corrected chi connectivity index (χ4v) is 11.7. The van der Waals surface area contributed by atoms with Crippen molar-refractivity contribution in [2.24, 2.45) is 0 Å². The smallest absolute Gasteiger partial charge is 0.462 e. The van der Waals surface area contributed by atoms with E-state index < -0.39 is 97.5 Å². The minimum absolute atomic E-state index is 0.0727. The van der Waals surface area contributed by atoms with Crippen LogP contribution in [-0.4, -0.2) is 96.7 Å². The Morgan fingerprint density at radius 2 is 0.551 bits per heavy atom. The molecule has 19 heteroatoms. The number of carbonyl (C=O) groups is 4. The van der Waals surface area contributed by atoms with Crippen molar-refractivity contribution in [3.8, 4) is 0 Å². The fourth-order valence-electron chi connectivity index (χ4n) is 10.1. The van der Waals surface area contributed by atoms with Crippen LogP contribution in [0.2, 0.25) is 0 Å². The van der Waals surface area contributed by atoms with Crippen LogP contribution in [0.3, 0.4) is 0 Å². The Kier molecular flexibility index (Phi) is 68.4. The van der Waals surface area contributed by atoms with Gasteiger partial charge in [0, 0.05) is 25.7 Å². The molecule has 0 aliphatic rings. The van der Waals surface area contributed by atoms with Crippen LogP contribution in [0.4, 0.5) is 0 Å². The van der Waals surface area contributed by atoms with Gasteiger partial charge in [-0.2, -0.15) is 0 Å². The van der Waals surface area contributed by atoms with Gasteiger partial charge < -0.3 is 33.8 Å². The Balaban J connectivity index is 5.38. The third-order valence-corrected chi connectivity index (χ3v) is 17.9. The zero-order chi connectivity index (χ0) is 71.8. The topological polar surface area (TPSA) is 237 Å². The summed E-state index contributed by atoms with van der Waals surface area (Å²) in [5.41, 5.74) is 0. The van der Waals surface area contributed by atoms with Crippen molar-refractivity contribution in [3.63, 3.8) is 0 Å². The Morgan fingerprint density at radius 1 is 0.296 bits per heavy atom. The van der Waals surface area contributed by atoms with E-state index in [4.69, 9.17) is 37.0 Å². The number of aliphatic hydroxyl groups excluding tert-OH is 1. The molecule has 5 atom stereocenters. The predicted octanol–water partition coefficient (Wildman–Crippen LogP) is 22.0. The van der Waals surface area contributed by atoms with Crippen molar-refractivity contribution in [1.82, 2.24) is 0 Å². The number of phosphoric ester groups is 2. The third-order valence-electron chi connectivity index (χ3n) is 16.0. The van der Waals surface area contributed by atoms with Gasteiger partial charge in [0.15, 0.2) is 12.2 Å². The number of phosphoric acid groups is 2. The number of rotatable bonds is 72. The van der Waals surface area contributed by atoms with Gasteiger partial charge in [0.2, 0.25) is 0 Å². The number of aliphatic hydroxyl groups is 1. The largest absolute Gasteiger partial charge is 0.472 e. The molecule has 0 aliphatic carbocycles. The maximum atomic E-state index is 13.1. The summed E-state index contributed by atoms with van der Waals surface area (Å²) in [6, 6.07) is 0. The van der Waals surface area contributed by atoms with Gasteiger partial charge in [0.1, 0.15) is 19.3 Å². The summed E-state index contributed by atoms with van der Waals surface area (Å²) in [7, 11) is -9.96. The molecule has 0 aromatic rings. The number of allylic oxidation sites excluding steroid dienone is 16. The van der Waals surface area contributed by atoms with E-state index in [1.807, 2.05) is 12.2 Å². The van der Waals surface area contributed by atoms with Gasteiger partial charge >= 0.3 is 39.5 Å². The SMILES string of the molecule is CC/C=C\C/C=C\C/C=C\C/C=C\C/C=C\CCCC(=O)OCC(COP(=O)(O)OCC(O)COP(=O)(O)OCC(COC(=O)CCCCCCC/C=C\CCCCCCCC)OC(=O)CCCCCCC/C=C\CCCC)OC(=O)CCCCCCC/C=C\CCCCCCCC. The van der Waals surface area contributed by atoms with Crippen molar-refractivity contribution in [2.75, 3.05) is 39.6 Å². The molecule has 5 unspecified atom stereocenters. The molecule has 0 saturated carbocycles. The molecule has 0 aliphatic heterocycles. The van der Waals surface area contributed by atoms with E-state index in [0.29, 0.717) is 32.1 Å². The van der Waals surface area contributed by atoms with Gasteiger partial charge in [-0.3, -0.25) is 37.3 Å². The van der Waals surface area contributed by atoms with Crippen molar-refractivity contribution in [2.45, 2.75) is 341 Å². The lowest BCUT2D eigenvalue weighted by Crippen LogP contribution is -2.30. The van der Waals surface area contributed by atoms with Gasteiger partial charge in [0.25, 0.3) is 0 Å². The summed E-state index contributed by atoms with van der Waals surface area (Å²) < 4.78 is 68.4. The number of hydrogen-bond donors (Lipinski definition) is 3. The number of unbranched alkanes of at least 4 members (excludes halogenated alkanes) is 30. The van der Waals surface area contributed by atoms with Crippen molar-refractivity contribution < 1.29 is 80.2 Å². The summed E-state index contributed by atoms with van der Waals surface area (Å²) in [4.78, 5) is 72.8. The van der Waals surface area contributed by atoms with Crippen LogP contribution >= 0.6 is 15.6 Å². The molecule has 0 rings (SSSR count). The van der Waals surface area contributed by atoms with E-state index in [1.165, 1.54) is 89.9 Å². The van der Waals surface area contributed by atoms with E-state index in [1.54, 1.807) is 0 Å². The lowest BCUT2D eigenvalue weighted by molar-refractivity contribution is -0.161. The first-order chi connectivity index (χ1) is 47.7. The van der Waals surface area contributed by atoms with Gasteiger partial charge in [-0.25, -0.2) is 9.13 Å². The lowest BCUT2D eigenvalue weighted by Gasteiger charge is -2.21. The average molecular weight is 1420 g/mol. The molecule has 98 heavy (non-hydrogen) atoms. The maximum absolute atomic E-state index is 13.1. The van der Waals surface area contributed by atoms with E-state index in [9.17, 15) is 43.2 Å². The molecule has 0 fully saturated rings. The second-order valence-electron chi connectivity index (χ2n) is 25.6. The average Bonchev–Trinajstić information content (AvgIpc) is 0.986. The third kappa shape index (κ3) is 70.4. The Labute approximate surface area is 595 Å². The first kappa shape index (κ1) is 94.0. The highest BCUT2D eigenvalue weighted by atomic mass is 31.2. The number of hydrogen-bond acceptors (Lipinski definition) is 15. The Morgan fingerprint density at radius 3 is 0.898 bits per heavy atom. The van der Waals surface area contributed by atoms with E-state index in [2.05, 4.69) is 113 Å². The first-order valence-corrected chi connectivity index (χ1v) is 41.5. The molecular formula is C79H138O17P2. The summed E-state index contributed by atoms with van der Waals surface area (Å²) in [6.07, 6.45) is 74.1. The normalized spacial score (nSPS) is 14.5. The molecule has 0 aromatic carbocycles. The second-order valence-corrected chi connectivity index (χ2v) is 28.5. The van der Waals surface area contributed by atoms with Crippen molar-refractivity contribution in [1.29, 1.82) is 0 Å². The van der Waals surface area contributed by atoms with Crippen LogP contribution in [0.5, 0.6) is 0 Å². The molecule has 0 saturated heterocycles. The highest BCUT2D eigenvalue weighted by molar-refractivity contribution is 7.47. The molecule has 17 nitrogen and oxygen atoms in total. The molecule has 0 aromatic heterocycles. The quantitative estimate of drug-likeness (QED) is 0.0169. The zero-order valence-corrected chi connectivity index (χ0v) is 63.5. The summed E-state index contributed by atoms with van der Waals surface area (Å²) in [5, 5.41) is 10.6. The molecule has 3 N–H and O–H groups in total. The Hall–Kier alpha value is -4.02. The molecule has 0 heterocycles. The monoisotopic (exact) mass is 1420 g/mol. The molecular weight excluding hydrogens is 1280 g/mol. The molecule has 566 valence electrons. The maximum Gasteiger partial charge on any atom is 0.472 e. The summed E-state index contributed by atoms with van der Waals surface area (Å²) >= 11 is 0. The van der Waals surface area contributed by atoms with Gasteiger partial charge in [-0.05, 0) is 135 Å². The number of ether oxygens (including phenoxy) is 4. The molecule has 0 amide bonds. The first-order valence-electron chi connectivity index (χ1n) is 38.5. The second kappa shape index (κ2) is 71.4. The summed E-state index contributed by atoms with van der Waals surface area (Å²) in [5.74, 6) is -2.26. The van der Waals surface area contributed by atoms with E-state index in [-0.39, 0.29) is 25.7 Å².